The summed E-state index contributed by atoms with van der Waals surface area (Å²) in [6.07, 6.45) is 2.09. The predicted molar refractivity (Wildman–Crippen MR) is 52.7 cm³/mol. The van der Waals surface area contributed by atoms with Crippen LogP contribution in [0.2, 0.25) is 0 Å². The van der Waals surface area contributed by atoms with Gasteiger partial charge in [0.2, 0.25) is 0 Å². The largest absolute Gasteiger partial charge is 0.349 e. The molecule has 2 unspecified atom stereocenters. The van der Waals surface area contributed by atoms with Crippen molar-refractivity contribution in [3.05, 3.63) is 11.4 Å². The second kappa shape index (κ2) is 4.56. The molecular weight excluding hydrogens is 206 g/mol. The highest BCUT2D eigenvalue weighted by atomic mass is 31.2. The molecule has 82 valence electrons. The molecule has 0 spiro atoms. The van der Waals surface area contributed by atoms with E-state index in [1.165, 1.54) is 0 Å². The van der Waals surface area contributed by atoms with E-state index >= 15 is 0 Å². The van der Waals surface area contributed by atoms with Gasteiger partial charge < -0.3 is 9.79 Å². The normalized spacial score (nSPS) is 30.4. The smallest absolute Gasteiger partial charge is 0.321 e. The summed E-state index contributed by atoms with van der Waals surface area (Å²) in [5, 5.41) is 0. The van der Waals surface area contributed by atoms with Gasteiger partial charge in [0.25, 0.3) is 0 Å². The minimum absolute atomic E-state index is 0.295. The van der Waals surface area contributed by atoms with Gasteiger partial charge in [-0.05, 0) is 19.8 Å². The summed E-state index contributed by atoms with van der Waals surface area (Å²) in [6.45, 7) is 1.60. The summed E-state index contributed by atoms with van der Waals surface area (Å²) >= 11 is 0. The van der Waals surface area contributed by atoms with E-state index in [9.17, 15) is 8.96 Å². The van der Waals surface area contributed by atoms with Gasteiger partial charge in [0.1, 0.15) is 6.17 Å². The predicted octanol–water partition coefficient (Wildman–Crippen LogP) is 2.60. The third kappa shape index (κ3) is 3.52. The number of halogens is 1. The molecule has 0 radical (unpaired) electrons. The van der Waals surface area contributed by atoms with Crippen LogP contribution in [0.5, 0.6) is 0 Å². The monoisotopic (exact) mass is 222 g/mol. The van der Waals surface area contributed by atoms with Gasteiger partial charge in [-0.15, -0.1) is 0 Å². The highest BCUT2D eigenvalue weighted by Gasteiger charge is 2.27. The lowest BCUT2D eigenvalue weighted by Crippen LogP contribution is -2.21. The molecule has 0 saturated heterocycles. The van der Waals surface area contributed by atoms with E-state index in [1.807, 2.05) is 0 Å². The fourth-order valence-corrected chi connectivity index (χ4v) is 2.68. The van der Waals surface area contributed by atoms with Gasteiger partial charge in [-0.3, -0.25) is 4.57 Å². The zero-order valence-electron chi connectivity index (χ0n) is 8.19. The van der Waals surface area contributed by atoms with Crippen molar-refractivity contribution in [3.63, 3.8) is 0 Å². The lowest BCUT2D eigenvalue weighted by atomic mass is 9.83. The van der Waals surface area contributed by atoms with Crippen LogP contribution in [0.25, 0.3) is 0 Å². The molecule has 14 heavy (non-hydrogen) atoms. The fourth-order valence-electron chi connectivity index (χ4n) is 1.96. The molecule has 1 rings (SSSR count). The summed E-state index contributed by atoms with van der Waals surface area (Å²) in [7, 11) is -4.14. The number of alkyl halides is 1. The Labute approximate surface area is 83.2 Å². The van der Waals surface area contributed by atoms with Crippen LogP contribution in [0.3, 0.4) is 0 Å². The van der Waals surface area contributed by atoms with Crippen molar-refractivity contribution < 1.29 is 18.7 Å². The fraction of sp³-hybridized carbons (Fsp3) is 0.778. The van der Waals surface area contributed by atoms with Crippen LogP contribution < -0.4 is 0 Å². The quantitative estimate of drug-likeness (QED) is 0.706. The standard InChI is InChI=1S/C9H16FO3P/c1-7(6-14(11,12)13)8-4-2-3-5-9(8)10/h6,8-9H,2-5H2,1H3,(H2,11,12,13). The van der Waals surface area contributed by atoms with Crippen molar-refractivity contribution >= 4 is 7.60 Å². The number of rotatable bonds is 2. The van der Waals surface area contributed by atoms with Gasteiger partial charge in [0.15, 0.2) is 0 Å². The Balaban J connectivity index is 2.72. The number of hydrogen-bond donors (Lipinski definition) is 2. The van der Waals surface area contributed by atoms with E-state index in [2.05, 4.69) is 0 Å². The Kier molecular flexibility index (Phi) is 3.87. The molecular formula is C9H16FO3P. The van der Waals surface area contributed by atoms with E-state index in [1.54, 1.807) is 6.92 Å². The van der Waals surface area contributed by atoms with Crippen molar-refractivity contribution in [1.29, 1.82) is 0 Å². The Morgan fingerprint density at radius 3 is 2.50 bits per heavy atom. The molecule has 0 aromatic carbocycles. The topological polar surface area (TPSA) is 57.5 Å². The summed E-state index contributed by atoms with van der Waals surface area (Å²) in [5.74, 6) is 0.603. The first-order valence-corrected chi connectivity index (χ1v) is 6.47. The van der Waals surface area contributed by atoms with Gasteiger partial charge in [-0.1, -0.05) is 18.4 Å². The van der Waals surface area contributed by atoms with E-state index in [4.69, 9.17) is 9.79 Å². The maximum Gasteiger partial charge on any atom is 0.349 e. The Morgan fingerprint density at radius 2 is 2.00 bits per heavy atom. The van der Waals surface area contributed by atoms with E-state index in [0.717, 1.165) is 18.7 Å². The Hall–Kier alpha value is -0.180. The molecule has 0 aromatic heterocycles. The molecule has 2 N–H and O–H groups in total. The molecule has 2 atom stereocenters. The second-order valence-electron chi connectivity index (χ2n) is 3.87. The minimum Gasteiger partial charge on any atom is -0.321 e. The van der Waals surface area contributed by atoms with Crippen molar-refractivity contribution in [2.24, 2.45) is 5.92 Å². The maximum absolute atomic E-state index is 13.4. The molecule has 1 fully saturated rings. The maximum atomic E-state index is 13.4. The molecule has 0 aliphatic heterocycles. The zero-order chi connectivity index (χ0) is 10.8. The summed E-state index contributed by atoms with van der Waals surface area (Å²) in [6, 6.07) is 0. The van der Waals surface area contributed by atoms with Crippen LogP contribution in [-0.4, -0.2) is 16.0 Å². The summed E-state index contributed by atoms with van der Waals surface area (Å²) in [5.41, 5.74) is 0.491. The molecule has 5 heteroatoms. The van der Waals surface area contributed by atoms with Gasteiger partial charge >= 0.3 is 7.60 Å². The van der Waals surface area contributed by atoms with E-state index < -0.39 is 13.8 Å². The lowest BCUT2D eigenvalue weighted by molar-refractivity contribution is 0.190. The zero-order valence-corrected chi connectivity index (χ0v) is 9.08. The van der Waals surface area contributed by atoms with Gasteiger partial charge in [0.05, 0.1) is 0 Å². The highest BCUT2D eigenvalue weighted by molar-refractivity contribution is 7.55. The molecule has 1 aliphatic carbocycles. The summed E-state index contributed by atoms with van der Waals surface area (Å²) in [4.78, 5) is 17.4. The highest BCUT2D eigenvalue weighted by Crippen LogP contribution is 2.41. The van der Waals surface area contributed by atoms with Gasteiger partial charge in [0, 0.05) is 11.7 Å². The Bertz CT molecular complexity index is 271. The molecule has 1 saturated carbocycles. The van der Waals surface area contributed by atoms with Crippen LogP contribution in [-0.2, 0) is 4.57 Å². The molecule has 1 aliphatic rings. The summed E-state index contributed by atoms with van der Waals surface area (Å²) < 4.78 is 24.1. The number of allylic oxidation sites excluding steroid dienone is 1. The van der Waals surface area contributed by atoms with Crippen molar-refractivity contribution in [3.8, 4) is 0 Å². The van der Waals surface area contributed by atoms with Gasteiger partial charge in [-0.25, -0.2) is 4.39 Å². The van der Waals surface area contributed by atoms with E-state index in [0.29, 0.717) is 18.4 Å². The first-order chi connectivity index (χ1) is 6.40. The van der Waals surface area contributed by atoms with Gasteiger partial charge in [-0.2, -0.15) is 0 Å². The molecule has 3 nitrogen and oxygen atoms in total. The van der Waals surface area contributed by atoms with Crippen molar-refractivity contribution in [2.75, 3.05) is 0 Å². The third-order valence-electron chi connectivity index (χ3n) is 2.64. The van der Waals surface area contributed by atoms with Crippen LogP contribution >= 0.6 is 7.60 Å². The average Bonchev–Trinajstić information content (AvgIpc) is 2.01. The molecule has 0 aromatic rings. The molecule has 0 amide bonds. The lowest BCUT2D eigenvalue weighted by Gasteiger charge is -2.26. The van der Waals surface area contributed by atoms with Crippen LogP contribution in [0.4, 0.5) is 4.39 Å². The first-order valence-electron chi connectivity index (χ1n) is 4.79. The third-order valence-corrected chi connectivity index (χ3v) is 3.38. The van der Waals surface area contributed by atoms with Crippen LogP contribution in [0, 0.1) is 5.92 Å². The number of hydrogen-bond acceptors (Lipinski definition) is 1. The SMILES string of the molecule is CC(=CP(=O)(O)O)C1CCCCC1F. The molecule has 0 bridgehead atoms. The Morgan fingerprint density at radius 1 is 1.43 bits per heavy atom. The first kappa shape index (κ1) is 11.9. The average molecular weight is 222 g/mol. The molecule has 0 heterocycles. The second-order valence-corrected chi connectivity index (χ2v) is 5.31. The van der Waals surface area contributed by atoms with Crippen molar-refractivity contribution in [2.45, 2.75) is 38.8 Å². The minimum atomic E-state index is -4.14. The van der Waals surface area contributed by atoms with Crippen LogP contribution in [0.15, 0.2) is 11.4 Å². The van der Waals surface area contributed by atoms with Crippen LogP contribution in [0.1, 0.15) is 32.6 Å². The van der Waals surface area contributed by atoms with E-state index in [-0.39, 0.29) is 5.92 Å². The van der Waals surface area contributed by atoms with Crippen molar-refractivity contribution in [1.82, 2.24) is 0 Å².